The molecule has 24 heavy (non-hydrogen) atoms. The van der Waals surface area contributed by atoms with E-state index in [0.29, 0.717) is 6.04 Å². The summed E-state index contributed by atoms with van der Waals surface area (Å²) in [4.78, 5) is 21.4. The minimum atomic E-state index is 0.138. The quantitative estimate of drug-likeness (QED) is 0.926. The molecule has 4 rings (SSSR count). The Kier molecular flexibility index (Phi) is 4.44. The van der Waals surface area contributed by atoms with Gasteiger partial charge in [-0.1, -0.05) is 12.8 Å². The highest BCUT2D eigenvalue weighted by Crippen LogP contribution is 2.44. The van der Waals surface area contributed by atoms with Crippen LogP contribution in [0.5, 0.6) is 0 Å². The fraction of sp³-hybridized carbons (Fsp3) is 0.684. The van der Waals surface area contributed by atoms with Crippen LogP contribution >= 0.6 is 0 Å². The third kappa shape index (κ3) is 3.14. The maximum absolute atomic E-state index is 12.7. The van der Waals surface area contributed by atoms with Crippen molar-refractivity contribution >= 4 is 11.7 Å². The summed E-state index contributed by atoms with van der Waals surface area (Å²) in [6.07, 6.45) is 8.49. The van der Waals surface area contributed by atoms with Gasteiger partial charge in [0, 0.05) is 44.0 Å². The highest BCUT2D eigenvalue weighted by molar-refractivity contribution is 5.94. The van der Waals surface area contributed by atoms with Crippen molar-refractivity contribution in [3.63, 3.8) is 0 Å². The van der Waals surface area contributed by atoms with Crippen LogP contribution in [0, 0.1) is 11.8 Å². The van der Waals surface area contributed by atoms with Crippen LogP contribution in [0.3, 0.4) is 0 Å². The number of hydrogen-bond acceptors (Lipinski definition) is 4. The van der Waals surface area contributed by atoms with Gasteiger partial charge < -0.3 is 15.1 Å². The van der Waals surface area contributed by atoms with Crippen molar-refractivity contribution in [2.45, 2.75) is 38.1 Å². The predicted octanol–water partition coefficient (Wildman–Crippen LogP) is 2.46. The second kappa shape index (κ2) is 6.71. The lowest BCUT2D eigenvalue weighted by Gasteiger charge is -2.32. The van der Waals surface area contributed by atoms with Crippen molar-refractivity contribution in [3.8, 4) is 0 Å². The summed E-state index contributed by atoms with van der Waals surface area (Å²) < 4.78 is 0. The Morgan fingerprint density at radius 3 is 2.83 bits per heavy atom. The number of amides is 1. The maximum atomic E-state index is 12.7. The molecule has 2 heterocycles. The van der Waals surface area contributed by atoms with Gasteiger partial charge in [0.05, 0.1) is 0 Å². The second-order valence-electron chi connectivity index (χ2n) is 7.71. The summed E-state index contributed by atoms with van der Waals surface area (Å²) in [6, 6.07) is 4.33. The highest BCUT2D eigenvalue weighted by atomic mass is 16.2. The van der Waals surface area contributed by atoms with Crippen LogP contribution in [0.2, 0.25) is 0 Å². The molecule has 1 aliphatic heterocycles. The molecule has 5 nitrogen and oxygen atoms in total. The fourth-order valence-corrected chi connectivity index (χ4v) is 4.77. The summed E-state index contributed by atoms with van der Waals surface area (Å²) in [5, 5.41) is 3.63. The van der Waals surface area contributed by atoms with Gasteiger partial charge in [0.2, 0.25) is 0 Å². The van der Waals surface area contributed by atoms with Crippen molar-refractivity contribution in [2.24, 2.45) is 11.8 Å². The van der Waals surface area contributed by atoms with Gasteiger partial charge in [-0.3, -0.25) is 4.79 Å². The first-order valence-corrected chi connectivity index (χ1v) is 9.41. The summed E-state index contributed by atoms with van der Waals surface area (Å²) >= 11 is 0. The first-order chi connectivity index (χ1) is 11.7. The van der Waals surface area contributed by atoms with Gasteiger partial charge in [0.25, 0.3) is 5.91 Å². The normalized spacial score (nSPS) is 30.4. The first kappa shape index (κ1) is 15.9. The van der Waals surface area contributed by atoms with E-state index >= 15 is 0 Å². The van der Waals surface area contributed by atoms with E-state index in [4.69, 9.17) is 0 Å². The van der Waals surface area contributed by atoms with E-state index < -0.39 is 0 Å². The number of aromatic nitrogens is 1. The number of fused-ring (bicyclic) bond motifs is 1. The van der Waals surface area contributed by atoms with Crippen LogP contribution in [0.25, 0.3) is 0 Å². The maximum Gasteiger partial charge on any atom is 0.254 e. The number of piperazine rings is 1. The van der Waals surface area contributed by atoms with Crippen LogP contribution in [0.4, 0.5) is 5.82 Å². The van der Waals surface area contributed by atoms with Crippen molar-refractivity contribution in [1.82, 2.24) is 14.8 Å². The van der Waals surface area contributed by atoms with Crippen LogP contribution in [-0.4, -0.2) is 60.0 Å². The molecule has 0 aromatic carbocycles. The molecule has 3 aliphatic rings. The van der Waals surface area contributed by atoms with Crippen LogP contribution < -0.4 is 5.32 Å². The number of nitrogens with zero attached hydrogens (tertiary/aromatic N) is 3. The molecule has 2 saturated carbocycles. The van der Waals surface area contributed by atoms with E-state index in [-0.39, 0.29) is 5.91 Å². The minimum absolute atomic E-state index is 0.138. The Balaban J connectivity index is 1.42. The Hall–Kier alpha value is -1.62. The zero-order chi connectivity index (χ0) is 16.5. The van der Waals surface area contributed by atoms with Crippen LogP contribution in [0.15, 0.2) is 18.3 Å². The zero-order valence-corrected chi connectivity index (χ0v) is 14.6. The SMILES string of the molecule is CN1CCN(C(=O)c2ccnc(N[C@H]3CC[C@@H]4CCC[C@@H]43)c2)CC1. The fourth-order valence-electron chi connectivity index (χ4n) is 4.77. The Bertz CT molecular complexity index is 597. The molecule has 0 radical (unpaired) electrons. The largest absolute Gasteiger partial charge is 0.367 e. The lowest BCUT2D eigenvalue weighted by atomic mass is 9.97. The van der Waals surface area contributed by atoms with Gasteiger partial charge in [-0.25, -0.2) is 4.98 Å². The molecular weight excluding hydrogens is 300 g/mol. The third-order valence-electron chi connectivity index (χ3n) is 6.21. The monoisotopic (exact) mass is 328 g/mol. The zero-order valence-electron chi connectivity index (χ0n) is 14.6. The van der Waals surface area contributed by atoms with Gasteiger partial charge in [0.15, 0.2) is 0 Å². The van der Waals surface area contributed by atoms with E-state index in [0.717, 1.165) is 49.4 Å². The summed E-state index contributed by atoms with van der Waals surface area (Å²) in [7, 11) is 2.11. The van der Waals surface area contributed by atoms with E-state index in [1.165, 1.54) is 32.1 Å². The minimum Gasteiger partial charge on any atom is -0.367 e. The van der Waals surface area contributed by atoms with E-state index in [2.05, 4.69) is 22.2 Å². The van der Waals surface area contributed by atoms with Gasteiger partial charge in [-0.2, -0.15) is 0 Å². The Labute approximate surface area is 144 Å². The van der Waals surface area contributed by atoms with Gasteiger partial charge in [-0.05, 0) is 50.3 Å². The molecular formula is C19H28N4O. The van der Waals surface area contributed by atoms with Gasteiger partial charge in [-0.15, -0.1) is 0 Å². The van der Waals surface area contributed by atoms with Crippen molar-refractivity contribution in [2.75, 3.05) is 38.5 Å². The number of anilines is 1. The van der Waals surface area contributed by atoms with Crippen LogP contribution in [0.1, 0.15) is 42.5 Å². The number of carbonyl (C=O) groups excluding carboxylic acids is 1. The van der Waals surface area contributed by atoms with E-state index in [9.17, 15) is 4.79 Å². The Morgan fingerprint density at radius 2 is 2.00 bits per heavy atom. The summed E-state index contributed by atoms with van der Waals surface area (Å²) in [5.41, 5.74) is 0.762. The number of likely N-dealkylation sites (N-methyl/N-ethyl adjacent to an activating group) is 1. The van der Waals surface area contributed by atoms with Crippen molar-refractivity contribution in [3.05, 3.63) is 23.9 Å². The first-order valence-electron chi connectivity index (χ1n) is 9.41. The number of carbonyl (C=O) groups is 1. The summed E-state index contributed by atoms with van der Waals surface area (Å²) in [5.74, 6) is 2.73. The molecule has 1 amide bonds. The van der Waals surface area contributed by atoms with Crippen molar-refractivity contribution in [1.29, 1.82) is 0 Å². The smallest absolute Gasteiger partial charge is 0.254 e. The molecule has 5 heteroatoms. The molecule has 1 N–H and O–H groups in total. The lowest BCUT2D eigenvalue weighted by Crippen LogP contribution is -2.47. The molecule has 130 valence electrons. The Morgan fingerprint density at radius 1 is 1.17 bits per heavy atom. The average molecular weight is 328 g/mol. The lowest BCUT2D eigenvalue weighted by molar-refractivity contribution is 0.0664. The number of rotatable bonds is 3. The topological polar surface area (TPSA) is 48.5 Å². The number of nitrogens with one attached hydrogen (secondary N) is 1. The third-order valence-corrected chi connectivity index (χ3v) is 6.21. The predicted molar refractivity (Wildman–Crippen MR) is 95.1 cm³/mol. The molecule has 1 aromatic heterocycles. The van der Waals surface area contributed by atoms with E-state index in [1.54, 1.807) is 6.20 Å². The highest BCUT2D eigenvalue weighted by Gasteiger charge is 2.39. The average Bonchev–Trinajstić information content (AvgIpc) is 3.20. The molecule has 1 aromatic rings. The van der Waals surface area contributed by atoms with Gasteiger partial charge >= 0.3 is 0 Å². The molecule has 1 saturated heterocycles. The molecule has 0 unspecified atom stereocenters. The molecule has 3 fully saturated rings. The molecule has 0 bridgehead atoms. The number of hydrogen-bond donors (Lipinski definition) is 1. The molecule has 3 atom stereocenters. The second-order valence-corrected chi connectivity index (χ2v) is 7.71. The molecule has 0 spiro atoms. The summed E-state index contributed by atoms with van der Waals surface area (Å²) in [6.45, 7) is 3.53. The van der Waals surface area contributed by atoms with Gasteiger partial charge in [0.1, 0.15) is 5.82 Å². The van der Waals surface area contributed by atoms with Crippen LogP contribution in [-0.2, 0) is 0 Å². The number of pyridine rings is 1. The van der Waals surface area contributed by atoms with E-state index in [1.807, 2.05) is 17.0 Å². The molecule has 2 aliphatic carbocycles. The standard InChI is InChI=1S/C19H28N4O/c1-22-9-11-23(12-10-22)19(24)15-7-8-20-18(13-15)21-17-6-5-14-3-2-4-16(14)17/h7-8,13-14,16-17H,2-6,9-12H2,1H3,(H,20,21)/t14-,16-,17-/m0/s1. The van der Waals surface area contributed by atoms with Crippen molar-refractivity contribution < 1.29 is 4.79 Å².